The topological polar surface area (TPSA) is 67.9 Å². The van der Waals surface area contributed by atoms with E-state index in [0.717, 1.165) is 19.3 Å². The number of likely N-dealkylation sites (tertiary alicyclic amines) is 1. The van der Waals surface area contributed by atoms with Gasteiger partial charge in [0.2, 0.25) is 6.79 Å². The molecule has 0 aliphatic carbocycles. The molecule has 2 aliphatic heterocycles. The molecular weight excluding hydrogens is 356 g/mol. The molecule has 0 radical (unpaired) electrons. The second kappa shape index (κ2) is 7.54. The van der Waals surface area contributed by atoms with Crippen molar-refractivity contribution in [2.24, 2.45) is 0 Å². The number of nitrogens with zero attached hydrogens (tertiary/aromatic N) is 1. The zero-order chi connectivity index (χ0) is 19.7. The van der Waals surface area contributed by atoms with Crippen molar-refractivity contribution in [2.75, 3.05) is 12.1 Å². The normalized spacial score (nSPS) is 20.7. The molecule has 6 nitrogen and oxygen atoms in total. The summed E-state index contributed by atoms with van der Waals surface area (Å²) in [4.78, 5) is 28.0. The van der Waals surface area contributed by atoms with E-state index < -0.39 is 0 Å². The third-order valence-electron chi connectivity index (χ3n) is 5.47. The van der Waals surface area contributed by atoms with Gasteiger partial charge in [-0.25, -0.2) is 0 Å². The summed E-state index contributed by atoms with van der Waals surface area (Å²) in [6.45, 7) is 4.33. The van der Waals surface area contributed by atoms with Crippen molar-refractivity contribution < 1.29 is 19.1 Å². The lowest BCUT2D eigenvalue weighted by atomic mass is 9.96. The number of ether oxygens (including phenoxy) is 2. The Morgan fingerprint density at radius 1 is 1.00 bits per heavy atom. The average Bonchev–Trinajstić information content (AvgIpc) is 3.16. The number of amides is 2. The predicted octanol–water partition coefficient (Wildman–Crippen LogP) is 4.07. The summed E-state index contributed by atoms with van der Waals surface area (Å²) in [6, 6.07) is 12.6. The minimum atomic E-state index is -0.293. The first-order valence-electron chi connectivity index (χ1n) is 9.67. The average molecular weight is 380 g/mol. The van der Waals surface area contributed by atoms with Gasteiger partial charge in [0.05, 0.1) is 11.3 Å². The molecule has 2 aromatic carbocycles. The van der Waals surface area contributed by atoms with Crippen LogP contribution in [0.15, 0.2) is 42.5 Å². The molecule has 2 aromatic rings. The van der Waals surface area contributed by atoms with E-state index in [1.54, 1.807) is 30.3 Å². The van der Waals surface area contributed by atoms with E-state index in [1.165, 1.54) is 0 Å². The fourth-order valence-corrected chi connectivity index (χ4v) is 3.97. The Kier molecular flexibility index (Phi) is 4.94. The first-order chi connectivity index (χ1) is 13.5. The van der Waals surface area contributed by atoms with Crippen LogP contribution in [0.5, 0.6) is 11.5 Å². The largest absolute Gasteiger partial charge is 0.454 e. The molecule has 0 unspecified atom stereocenters. The molecular formula is C22H24N2O4. The Hall–Kier alpha value is -3.02. The van der Waals surface area contributed by atoms with Crippen LogP contribution < -0.4 is 14.8 Å². The highest BCUT2D eigenvalue weighted by Crippen LogP contribution is 2.33. The number of hydrogen-bond acceptors (Lipinski definition) is 4. The number of nitrogens with one attached hydrogen (secondary N) is 1. The minimum Gasteiger partial charge on any atom is -0.454 e. The van der Waals surface area contributed by atoms with Gasteiger partial charge in [0, 0.05) is 17.6 Å². The Morgan fingerprint density at radius 2 is 1.71 bits per heavy atom. The maximum absolute atomic E-state index is 13.3. The third-order valence-corrected chi connectivity index (χ3v) is 5.47. The van der Waals surface area contributed by atoms with E-state index in [1.807, 2.05) is 17.0 Å². The molecule has 1 saturated heterocycles. The van der Waals surface area contributed by atoms with Crippen molar-refractivity contribution in [3.63, 3.8) is 0 Å². The zero-order valence-corrected chi connectivity index (χ0v) is 16.1. The molecule has 0 saturated carbocycles. The van der Waals surface area contributed by atoms with Crippen LogP contribution in [0, 0.1) is 0 Å². The Labute approximate surface area is 164 Å². The molecule has 4 rings (SSSR count). The van der Waals surface area contributed by atoms with Crippen LogP contribution in [-0.2, 0) is 0 Å². The molecule has 1 fully saturated rings. The number of piperidine rings is 1. The van der Waals surface area contributed by atoms with E-state index >= 15 is 0 Å². The van der Waals surface area contributed by atoms with Crippen LogP contribution in [0.3, 0.4) is 0 Å². The quantitative estimate of drug-likeness (QED) is 0.872. The van der Waals surface area contributed by atoms with Crippen LogP contribution in [0.4, 0.5) is 5.69 Å². The van der Waals surface area contributed by atoms with E-state index in [9.17, 15) is 9.59 Å². The Bertz CT molecular complexity index is 901. The molecule has 0 bridgehead atoms. The van der Waals surface area contributed by atoms with Gasteiger partial charge < -0.3 is 19.7 Å². The lowest BCUT2D eigenvalue weighted by Gasteiger charge is -2.39. The maximum atomic E-state index is 13.3. The highest BCUT2D eigenvalue weighted by Gasteiger charge is 2.31. The lowest BCUT2D eigenvalue weighted by Crippen LogP contribution is -2.47. The van der Waals surface area contributed by atoms with Crippen molar-refractivity contribution in [3.05, 3.63) is 53.6 Å². The number of rotatable bonds is 3. The summed E-state index contributed by atoms with van der Waals surface area (Å²) in [7, 11) is 0. The molecule has 0 aromatic heterocycles. The second-order valence-corrected chi connectivity index (χ2v) is 7.41. The molecule has 6 heteroatoms. The number of para-hydroxylation sites is 1. The summed E-state index contributed by atoms with van der Waals surface area (Å²) < 4.78 is 10.6. The van der Waals surface area contributed by atoms with Crippen molar-refractivity contribution in [2.45, 2.75) is 45.2 Å². The van der Waals surface area contributed by atoms with Crippen LogP contribution in [0.1, 0.15) is 53.8 Å². The number of anilines is 1. The Morgan fingerprint density at radius 3 is 2.50 bits per heavy atom. The van der Waals surface area contributed by atoms with Gasteiger partial charge in [-0.1, -0.05) is 12.1 Å². The maximum Gasteiger partial charge on any atom is 0.256 e. The number of hydrogen-bond donors (Lipinski definition) is 1. The van der Waals surface area contributed by atoms with Gasteiger partial charge in [-0.05, 0) is 63.4 Å². The number of fused-ring (bicyclic) bond motifs is 1. The molecule has 28 heavy (non-hydrogen) atoms. The summed E-state index contributed by atoms with van der Waals surface area (Å²) in [5.41, 5.74) is 1.48. The monoisotopic (exact) mass is 380 g/mol. The summed E-state index contributed by atoms with van der Waals surface area (Å²) in [6.07, 6.45) is 3.14. The molecule has 1 N–H and O–H groups in total. The zero-order valence-electron chi connectivity index (χ0n) is 16.1. The van der Waals surface area contributed by atoms with Crippen LogP contribution in [-0.4, -0.2) is 35.6 Å². The summed E-state index contributed by atoms with van der Waals surface area (Å²) in [5.74, 6) is 0.841. The smallest absolute Gasteiger partial charge is 0.256 e. The van der Waals surface area contributed by atoms with Gasteiger partial charge in [0.1, 0.15) is 0 Å². The molecule has 2 amide bonds. The Balaban J connectivity index is 1.57. The first-order valence-corrected chi connectivity index (χ1v) is 9.67. The first kappa shape index (κ1) is 18.3. The van der Waals surface area contributed by atoms with E-state index in [0.29, 0.717) is 28.3 Å². The highest BCUT2D eigenvalue weighted by molar-refractivity contribution is 6.09. The van der Waals surface area contributed by atoms with Crippen LogP contribution >= 0.6 is 0 Å². The fraction of sp³-hybridized carbons (Fsp3) is 0.364. The fourth-order valence-electron chi connectivity index (χ4n) is 3.97. The van der Waals surface area contributed by atoms with Gasteiger partial charge in [0.15, 0.2) is 11.5 Å². The van der Waals surface area contributed by atoms with Crippen LogP contribution in [0.25, 0.3) is 0 Å². The SMILES string of the molecule is C[C@@H]1CCC[C@H](C)N1C(=O)c1ccccc1NC(=O)c1ccc2c(c1)OCO2. The third kappa shape index (κ3) is 3.42. The van der Waals surface area contributed by atoms with E-state index in [4.69, 9.17) is 9.47 Å². The molecule has 146 valence electrons. The molecule has 0 spiro atoms. The van der Waals surface area contributed by atoms with E-state index in [2.05, 4.69) is 19.2 Å². The van der Waals surface area contributed by atoms with Gasteiger partial charge >= 0.3 is 0 Å². The lowest BCUT2D eigenvalue weighted by molar-refractivity contribution is 0.0512. The van der Waals surface area contributed by atoms with E-state index in [-0.39, 0.29) is 30.7 Å². The minimum absolute atomic E-state index is 0.0405. The van der Waals surface area contributed by atoms with Crippen molar-refractivity contribution >= 4 is 17.5 Å². The van der Waals surface area contributed by atoms with Gasteiger partial charge in [-0.2, -0.15) is 0 Å². The van der Waals surface area contributed by atoms with Gasteiger partial charge in [-0.15, -0.1) is 0 Å². The number of benzene rings is 2. The van der Waals surface area contributed by atoms with Crippen molar-refractivity contribution in [1.29, 1.82) is 0 Å². The number of carbonyl (C=O) groups is 2. The standard InChI is InChI=1S/C22H24N2O4/c1-14-6-5-7-15(2)24(14)22(26)17-8-3-4-9-18(17)23-21(25)16-10-11-19-20(12-16)28-13-27-19/h3-4,8-12,14-15H,5-7,13H2,1-2H3,(H,23,25)/t14-,15+. The van der Waals surface area contributed by atoms with Crippen molar-refractivity contribution in [3.8, 4) is 11.5 Å². The molecule has 2 aliphatic rings. The summed E-state index contributed by atoms with van der Waals surface area (Å²) in [5, 5.41) is 2.88. The van der Waals surface area contributed by atoms with Gasteiger partial charge in [-0.3, -0.25) is 9.59 Å². The molecule has 2 atom stereocenters. The van der Waals surface area contributed by atoms with Gasteiger partial charge in [0.25, 0.3) is 11.8 Å². The van der Waals surface area contributed by atoms with Crippen molar-refractivity contribution in [1.82, 2.24) is 4.90 Å². The second-order valence-electron chi connectivity index (χ2n) is 7.41. The predicted molar refractivity (Wildman–Crippen MR) is 106 cm³/mol. The molecule has 2 heterocycles. The number of carbonyl (C=O) groups excluding carboxylic acids is 2. The van der Waals surface area contributed by atoms with Crippen LogP contribution in [0.2, 0.25) is 0 Å². The highest BCUT2D eigenvalue weighted by atomic mass is 16.7. The summed E-state index contributed by atoms with van der Waals surface area (Å²) >= 11 is 0.